The first-order valence-electron chi connectivity index (χ1n) is 11.2. The van der Waals surface area contributed by atoms with Gasteiger partial charge in [-0.2, -0.15) is 0 Å². The Morgan fingerprint density at radius 1 is 1.13 bits per heavy atom. The number of hydrogen-bond acceptors (Lipinski definition) is 4. The number of nitrogens with one attached hydrogen (secondary N) is 2. The molecule has 0 saturated carbocycles. The number of quaternary nitrogens is 1. The van der Waals surface area contributed by atoms with E-state index in [0.717, 1.165) is 48.9 Å². The topological polar surface area (TPSA) is 64.2 Å². The van der Waals surface area contributed by atoms with Crippen LogP contribution in [0.15, 0.2) is 29.4 Å². The maximum atomic E-state index is 12.5. The lowest BCUT2D eigenvalue weighted by atomic mass is 9.99. The zero-order chi connectivity index (χ0) is 22.1. The van der Waals surface area contributed by atoms with Crippen LogP contribution in [-0.2, 0) is 11.3 Å². The minimum Gasteiger partial charge on any atom is -0.331 e. The van der Waals surface area contributed by atoms with Crippen molar-refractivity contribution in [2.45, 2.75) is 77.0 Å². The summed E-state index contributed by atoms with van der Waals surface area (Å²) < 4.78 is 2.21. The van der Waals surface area contributed by atoms with E-state index < -0.39 is 0 Å². The molecule has 0 saturated heterocycles. The molecular formula is C23H38N5OS+. The van der Waals surface area contributed by atoms with Crippen LogP contribution in [0.25, 0.3) is 0 Å². The SMILES string of the molecule is CCCCn1c(SCC(=O)Nc2ccc([C@H](C)CC)cc2)nnc1[C@@H](CC)[NH+](C)C. The van der Waals surface area contributed by atoms with Gasteiger partial charge < -0.3 is 14.8 Å². The third-order valence-electron chi connectivity index (χ3n) is 5.61. The van der Waals surface area contributed by atoms with Gasteiger partial charge in [-0.3, -0.25) is 4.79 Å². The zero-order valence-electron chi connectivity index (χ0n) is 19.4. The van der Waals surface area contributed by atoms with E-state index in [-0.39, 0.29) is 5.91 Å². The molecule has 2 rings (SSSR count). The van der Waals surface area contributed by atoms with Crippen molar-refractivity contribution in [2.24, 2.45) is 0 Å². The summed E-state index contributed by atoms with van der Waals surface area (Å²) in [6, 6.07) is 8.47. The Hall–Kier alpha value is -1.86. The molecule has 1 amide bonds. The molecule has 2 aromatic rings. The van der Waals surface area contributed by atoms with Gasteiger partial charge in [0.1, 0.15) is 6.04 Å². The maximum absolute atomic E-state index is 12.5. The fourth-order valence-corrected chi connectivity index (χ4v) is 4.27. The van der Waals surface area contributed by atoms with Gasteiger partial charge in [0, 0.05) is 18.7 Å². The molecule has 0 aliphatic heterocycles. The number of unbranched alkanes of at least 4 members (excludes halogenated alkanes) is 1. The molecule has 2 N–H and O–H groups in total. The molecule has 0 aliphatic rings. The third-order valence-corrected chi connectivity index (χ3v) is 6.57. The smallest absolute Gasteiger partial charge is 0.234 e. The number of aromatic nitrogens is 3. The summed E-state index contributed by atoms with van der Waals surface area (Å²) in [7, 11) is 4.31. The Morgan fingerprint density at radius 2 is 1.83 bits per heavy atom. The molecule has 0 bridgehead atoms. The number of nitrogens with zero attached hydrogens (tertiary/aromatic N) is 3. The number of anilines is 1. The van der Waals surface area contributed by atoms with Gasteiger partial charge in [0.2, 0.25) is 5.91 Å². The number of rotatable bonds is 12. The molecule has 0 aliphatic carbocycles. The molecule has 0 unspecified atom stereocenters. The lowest BCUT2D eigenvalue weighted by Gasteiger charge is -2.20. The highest BCUT2D eigenvalue weighted by Crippen LogP contribution is 2.23. The molecular weight excluding hydrogens is 394 g/mol. The fourth-order valence-electron chi connectivity index (χ4n) is 3.50. The molecule has 2 atom stereocenters. The van der Waals surface area contributed by atoms with E-state index >= 15 is 0 Å². The Bertz CT molecular complexity index is 787. The van der Waals surface area contributed by atoms with Crippen molar-refractivity contribution in [2.75, 3.05) is 25.2 Å². The minimum absolute atomic E-state index is 0.0202. The largest absolute Gasteiger partial charge is 0.331 e. The van der Waals surface area contributed by atoms with E-state index in [2.05, 4.69) is 74.0 Å². The fraction of sp³-hybridized carbons (Fsp3) is 0.609. The lowest BCUT2D eigenvalue weighted by molar-refractivity contribution is -0.893. The molecule has 1 aromatic heterocycles. The lowest BCUT2D eigenvalue weighted by Crippen LogP contribution is -3.06. The molecule has 30 heavy (non-hydrogen) atoms. The van der Waals surface area contributed by atoms with Crippen LogP contribution in [-0.4, -0.2) is 40.5 Å². The van der Waals surface area contributed by atoms with Gasteiger partial charge >= 0.3 is 0 Å². The molecule has 166 valence electrons. The van der Waals surface area contributed by atoms with E-state index in [0.29, 0.717) is 17.7 Å². The first-order chi connectivity index (χ1) is 14.4. The molecule has 6 nitrogen and oxygen atoms in total. The summed E-state index contributed by atoms with van der Waals surface area (Å²) in [5, 5.41) is 12.7. The van der Waals surface area contributed by atoms with Crippen molar-refractivity contribution in [3.05, 3.63) is 35.7 Å². The summed E-state index contributed by atoms with van der Waals surface area (Å²) in [5.74, 6) is 1.86. The van der Waals surface area contributed by atoms with E-state index in [4.69, 9.17) is 0 Å². The monoisotopic (exact) mass is 432 g/mol. The highest BCUT2D eigenvalue weighted by atomic mass is 32.2. The van der Waals surface area contributed by atoms with Crippen molar-refractivity contribution < 1.29 is 9.69 Å². The van der Waals surface area contributed by atoms with Crippen LogP contribution in [0.4, 0.5) is 5.69 Å². The predicted molar refractivity (Wildman–Crippen MR) is 125 cm³/mol. The quantitative estimate of drug-likeness (QED) is 0.499. The van der Waals surface area contributed by atoms with Gasteiger partial charge in [-0.05, 0) is 36.5 Å². The van der Waals surface area contributed by atoms with E-state index in [1.165, 1.54) is 22.2 Å². The van der Waals surface area contributed by atoms with Gasteiger partial charge in [0.25, 0.3) is 0 Å². The van der Waals surface area contributed by atoms with E-state index in [9.17, 15) is 4.79 Å². The second-order valence-electron chi connectivity index (χ2n) is 8.15. The predicted octanol–water partition coefficient (Wildman–Crippen LogP) is 3.92. The maximum Gasteiger partial charge on any atom is 0.234 e. The van der Waals surface area contributed by atoms with Crippen molar-refractivity contribution in [1.29, 1.82) is 0 Å². The minimum atomic E-state index is -0.0202. The second kappa shape index (κ2) is 12.1. The molecule has 1 heterocycles. The average Bonchev–Trinajstić information content (AvgIpc) is 3.13. The zero-order valence-corrected chi connectivity index (χ0v) is 20.2. The number of carbonyl (C=O) groups is 1. The van der Waals surface area contributed by atoms with Gasteiger partial charge in [0.05, 0.1) is 19.8 Å². The van der Waals surface area contributed by atoms with Gasteiger partial charge in [0.15, 0.2) is 11.0 Å². The molecule has 0 spiro atoms. The summed E-state index contributed by atoms with van der Waals surface area (Å²) >= 11 is 1.47. The first kappa shape index (κ1) is 24.4. The van der Waals surface area contributed by atoms with Crippen LogP contribution >= 0.6 is 11.8 Å². The standard InChI is InChI=1S/C23H37N5OS/c1-7-10-15-28-22(20(9-3)27(5)6)25-26-23(28)30-16-21(29)24-19-13-11-18(12-14-19)17(4)8-2/h11-14,17,20H,7-10,15-16H2,1-6H3,(H,24,29)/p+1/t17-,20-/m1/s1. The van der Waals surface area contributed by atoms with Crippen LogP contribution in [0, 0.1) is 0 Å². The van der Waals surface area contributed by atoms with Crippen LogP contribution < -0.4 is 10.2 Å². The summed E-state index contributed by atoms with van der Waals surface area (Å²) in [5.41, 5.74) is 2.14. The van der Waals surface area contributed by atoms with Crippen LogP contribution in [0.1, 0.15) is 76.7 Å². The highest BCUT2D eigenvalue weighted by Gasteiger charge is 2.25. The second-order valence-corrected chi connectivity index (χ2v) is 9.09. The number of benzene rings is 1. The highest BCUT2D eigenvalue weighted by molar-refractivity contribution is 7.99. The van der Waals surface area contributed by atoms with Gasteiger partial charge in [-0.1, -0.05) is 58.0 Å². The molecule has 1 aromatic carbocycles. The summed E-state index contributed by atoms with van der Waals surface area (Å²) in [6.45, 7) is 9.66. The Balaban J connectivity index is 2.03. The summed E-state index contributed by atoms with van der Waals surface area (Å²) in [6.07, 6.45) is 4.30. The third kappa shape index (κ3) is 6.57. The molecule has 0 fully saturated rings. The Morgan fingerprint density at radius 3 is 2.40 bits per heavy atom. The number of carbonyl (C=O) groups excluding carboxylic acids is 1. The van der Waals surface area contributed by atoms with Crippen LogP contribution in [0.2, 0.25) is 0 Å². The van der Waals surface area contributed by atoms with Gasteiger partial charge in [-0.25, -0.2) is 0 Å². The van der Waals surface area contributed by atoms with Crippen molar-refractivity contribution in [1.82, 2.24) is 14.8 Å². The Kier molecular flexibility index (Phi) is 9.85. The molecule has 7 heteroatoms. The van der Waals surface area contributed by atoms with Crippen LogP contribution in [0.3, 0.4) is 0 Å². The number of amides is 1. The van der Waals surface area contributed by atoms with Crippen LogP contribution in [0.5, 0.6) is 0 Å². The van der Waals surface area contributed by atoms with Crippen molar-refractivity contribution in [3.63, 3.8) is 0 Å². The van der Waals surface area contributed by atoms with Gasteiger partial charge in [-0.15, -0.1) is 10.2 Å². The number of hydrogen-bond donors (Lipinski definition) is 2. The normalized spacial score (nSPS) is 13.4. The number of thioether (sulfide) groups is 1. The first-order valence-corrected chi connectivity index (χ1v) is 12.1. The molecule has 0 radical (unpaired) electrons. The van der Waals surface area contributed by atoms with Crippen molar-refractivity contribution in [3.8, 4) is 0 Å². The average molecular weight is 433 g/mol. The van der Waals surface area contributed by atoms with Crippen molar-refractivity contribution >= 4 is 23.4 Å². The summed E-state index contributed by atoms with van der Waals surface area (Å²) in [4.78, 5) is 13.8. The van der Waals surface area contributed by atoms with E-state index in [1.807, 2.05) is 12.1 Å². The Labute approximate surface area is 185 Å². The van der Waals surface area contributed by atoms with E-state index in [1.54, 1.807) is 0 Å².